The van der Waals surface area contributed by atoms with Crippen molar-refractivity contribution in [3.8, 4) is 0 Å². The van der Waals surface area contributed by atoms with Gasteiger partial charge in [-0.3, -0.25) is 0 Å². The molecular weight excluding hydrogens is 260 g/mol. The summed E-state index contributed by atoms with van der Waals surface area (Å²) in [7, 11) is 0. The maximum absolute atomic E-state index is 12.3. The van der Waals surface area contributed by atoms with Gasteiger partial charge in [0.1, 0.15) is 11.4 Å². The minimum atomic E-state index is -1.08. The molecule has 1 aromatic rings. The second-order valence-electron chi connectivity index (χ2n) is 5.48. The predicted molar refractivity (Wildman–Crippen MR) is 70.0 cm³/mol. The summed E-state index contributed by atoms with van der Waals surface area (Å²) in [6.45, 7) is 1.70. The number of nitrogens with zero attached hydrogens (tertiary/aromatic N) is 3. The molecule has 2 heterocycles. The van der Waals surface area contributed by atoms with Crippen molar-refractivity contribution in [3.63, 3.8) is 0 Å². The van der Waals surface area contributed by atoms with Crippen LogP contribution < -0.4 is 5.32 Å². The first-order valence-corrected chi connectivity index (χ1v) is 6.91. The Labute approximate surface area is 116 Å². The van der Waals surface area contributed by atoms with E-state index in [1.54, 1.807) is 11.1 Å². The standard InChI is InChI=1S/C13H18N4O3/c18-11(19)13(3-1-2-4-13)15-12(20)17-8-7-16-6-5-14-10(16)9-17/h5-6H,1-4,7-9H2,(H,15,20)(H,18,19). The number of carbonyl (C=O) groups is 2. The number of rotatable bonds is 2. The molecule has 108 valence electrons. The minimum Gasteiger partial charge on any atom is -0.480 e. The van der Waals surface area contributed by atoms with Gasteiger partial charge in [-0.15, -0.1) is 0 Å². The Bertz CT molecular complexity index is 533. The summed E-state index contributed by atoms with van der Waals surface area (Å²) >= 11 is 0. The molecule has 2 amide bonds. The van der Waals surface area contributed by atoms with Crippen LogP contribution in [-0.2, 0) is 17.9 Å². The maximum atomic E-state index is 12.3. The number of urea groups is 1. The number of carbonyl (C=O) groups excluding carboxylic acids is 1. The highest BCUT2D eigenvalue weighted by molar-refractivity contribution is 5.86. The Morgan fingerprint density at radius 2 is 2.05 bits per heavy atom. The molecule has 3 rings (SSSR count). The van der Waals surface area contributed by atoms with Crippen molar-refractivity contribution in [1.29, 1.82) is 0 Å². The van der Waals surface area contributed by atoms with Crippen molar-refractivity contribution in [2.24, 2.45) is 0 Å². The molecule has 1 aliphatic heterocycles. The zero-order chi connectivity index (χ0) is 14.2. The molecule has 0 aromatic carbocycles. The van der Waals surface area contributed by atoms with E-state index in [1.807, 2.05) is 10.8 Å². The zero-order valence-electron chi connectivity index (χ0n) is 11.2. The highest BCUT2D eigenvalue weighted by Crippen LogP contribution is 2.30. The van der Waals surface area contributed by atoms with E-state index >= 15 is 0 Å². The smallest absolute Gasteiger partial charge is 0.329 e. The molecule has 1 saturated carbocycles. The average molecular weight is 278 g/mol. The summed E-state index contributed by atoms with van der Waals surface area (Å²) < 4.78 is 2.01. The van der Waals surface area contributed by atoms with Crippen molar-refractivity contribution in [3.05, 3.63) is 18.2 Å². The summed E-state index contributed by atoms with van der Waals surface area (Å²) in [5, 5.41) is 12.1. The number of carboxylic acid groups (broad SMARTS) is 1. The quantitative estimate of drug-likeness (QED) is 0.838. The third-order valence-corrected chi connectivity index (χ3v) is 4.24. The van der Waals surface area contributed by atoms with Crippen LogP contribution in [0, 0.1) is 0 Å². The van der Waals surface area contributed by atoms with E-state index < -0.39 is 11.5 Å². The molecule has 0 atom stereocenters. The number of hydrogen-bond acceptors (Lipinski definition) is 3. The van der Waals surface area contributed by atoms with E-state index in [4.69, 9.17) is 0 Å². The molecular formula is C13H18N4O3. The molecule has 1 fully saturated rings. The summed E-state index contributed by atoms with van der Waals surface area (Å²) in [5.41, 5.74) is -1.08. The first-order valence-electron chi connectivity index (χ1n) is 6.91. The Balaban J connectivity index is 1.69. The lowest BCUT2D eigenvalue weighted by Crippen LogP contribution is -2.57. The van der Waals surface area contributed by atoms with Crippen LogP contribution in [0.15, 0.2) is 12.4 Å². The Hall–Kier alpha value is -2.05. The molecule has 0 spiro atoms. The van der Waals surface area contributed by atoms with Crippen LogP contribution in [0.25, 0.3) is 0 Å². The normalized spacial score (nSPS) is 20.5. The molecule has 7 heteroatoms. The van der Waals surface area contributed by atoms with Crippen molar-refractivity contribution in [2.75, 3.05) is 6.54 Å². The SMILES string of the molecule is O=C(NC1(C(=O)O)CCCC1)N1CCn2ccnc2C1. The molecule has 0 radical (unpaired) electrons. The van der Waals surface area contributed by atoms with E-state index in [-0.39, 0.29) is 6.03 Å². The molecule has 1 aromatic heterocycles. The predicted octanol–water partition coefficient (Wildman–Crippen LogP) is 0.806. The van der Waals surface area contributed by atoms with Gasteiger partial charge >= 0.3 is 12.0 Å². The summed E-state index contributed by atoms with van der Waals surface area (Å²) in [6, 6.07) is -0.302. The van der Waals surface area contributed by atoms with Crippen molar-refractivity contribution < 1.29 is 14.7 Å². The zero-order valence-corrected chi connectivity index (χ0v) is 11.2. The van der Waals surface area contributed by atoms with Crippen LogP contribution in [0.1, 0.15) is 31.5 Å². The molecule has 20 heavy (non-hydrogen) atoms. The number of imidazole rings is 1. The Kier molecular flexibility index (Phi) is 3.11. The Morgan fingerprint density at radius 1 is 1.30 bits per heavy atom. The number of carboxylic acids is 1. The number of aliphatic carboxylic acids is 1. The van der Waals surface area contributed by atoms with Gasteiger partial charge in [-0.2, -0.15) is 0 Å². The maximum Gasteiger partial charge on any atom is 0.329 e. The lowest BCUT2D eigenvalue weighted by molar-refractivity contribution is -0.144. The van der Waals surface area contributed by atoms with E-state index in [9.17, 15) is 14.7 Å². The summed E-state index contributed by atoms with van der Waals surface area (Å²) in [5.74, 6) is -0.0935. The fourth-order valence-electron chi connectivity index (χ4n) is 3.00. The monoisotopic (exact) mass is 278 g/mol. The number of amides is 2. The van der Waals surface area contributed by atoms with Crippen LogP contribution in [0.4, 0.5) is 4.79 Å². The van der Waals surface area contributed by atoms with Gasteiger partial charge in [0, 0.05) is 25.5 Å². The number of aromatic nitrogens is 2. The molecule has 1 aliphatic carbocycles. The fourth-order valence-corrected chi connectivity index (χ4v) is 3.00. The topological polar surface area (TPSA) is 87.5 Å². The highest BCUT2D eigenvalue weighted by atomic mass is 16.4. The van der Waals surface area contributed by atoms with Crippen LogP contribution in [0.5, 0.6) is 0 Å². The summed E-state index contributed by atoms with van der Waals surface area (Å²) in [4.78, 5) is 29.6. The van der Waals surface area contributed by atoms with Gasteiger partial charge in [0.25, 0.3) is 0 Å². The lowest BCUT2D eigenvalue weighted by Gasteiger charge is -2.32. The third kappa shape index (κ3) is 2.13. The molecule has 2 N–H and O–H groups in total. The minimum absolute atomic E-state index is 0.302. The molecule has 7 nitrogen and oxygen atoms in total. The van der Waals surface area contributed by atoms with E-state index in [0.717, 1.165) is 18.7 Å². The Morgan fingerprint density at radius 3 is 2.75 bits per heavy atom. The first kappa shape index (κ1) is 13.0. The third-order valence-electron chi connectivity index (χ3n) is 4.24. The fraction of sp³-hybridized carbons (Fsp3) is 0.615. The number of fused-ring (bicyclic) bond motifs is 1. The van der Waals surface area contributed by atoms with Gasteiger partial charge < -0.3 is 19.9 Å². The van der Waals surface area contributed by atoms with Crippen LogP contribution in [-0.4, -0.2) is 43.6 Å². The lowest BCUT2D eigenvalue weighted by atomic mass is 9.98. The van der Waals surface area contributed by atoms with Crippen molar-refractivity contribution >= 4 is 12.0 Å². The van der Waals surface area contributed by atoms with Gasteiger partial charge in [0.2, 0.25) is 0 Å². The first-order chi connectivity index (χ1) is 9.61. The average Bonchev–Trinajstić information content (AvgIpc) is 3.06. The van der Waals surface area contributed by atoms with Crippen LogP contribution >= 0.6 is 0 Å². The van der Waals surface area contributed by atoms with Gasteiger partial charge in [-0.05, 0) is 12.8 Å². The van der Waals surface area contributed by atoms with E-state index in [2.05, 4.69) is 10.3 Å². The second-order valence-corrected chi connectivity index (χ2v) is 5.48. The summed E-state index contributed by atoms with van der Waals surface area (Å²) in [6.07, 6.45) is 6.31. The van der Waals surface area contributed by atoms with Gasteiger partial charge in [0.15, 0.2) is 0 Å². The van der Waals surface area contributed by atoms with Gasteiger partial charge in [0.05, 0.1) is 6.54 Å². The van der Waals surface area contributed by atoms with E-state index in [1.165, 1.54) is 0 Å². The highest BCUT2D eigenvalue weighted by Gasteiger charge is 2.43. The van der Waals surface area contributed by atoms with Crippen molar-refractivity contribution in [1.82, 2.24) is 19.8 Å². The number of nitrogens with one attached hydrogen (secondary N) is 1. The largest absolute Gasteiger partial charge is 0.480 e. The molecule has 0 unspecified atom stereocenters. The second kappa shape index (κ2) is 4.81. The van der Waals surface area contributed by atoms with Crippen LogP contribution in [0.3, 0.4) is 0 Å². The van der Waals surface area contributed by atoms with Gasteiger partial charge in [-0.25, -0.2) is 14.6 Å². The van der Waals surface area contributed by atoms with Crippen molar-refractivity contribution in [2.45, 2.75) is 44.3 Å². The molecule has 0 bridgehead atoms. The van der Waals surface area contributed by atoms with Gasteiger partial charge in [-0.1, -0.05) is 12.8 Å². The molecule has 0 saturated heterocycles. The molecule has 2 aliphatic rings. The number of hydrogen-bond donors (Lipinski definition) is 2. The van der Waals surface area contributed by atoms with E-state index in [0.29, 0.717) is 32.5 Å². The van der Waals surface area contributed by atoms with Crippen LogP contribution in [0.2, 0.25) is 0 Å².